The van der Waals surface area contributed by atoms with E-state index in [9.17, 15) is 8.42 Å². The van der Waals surface area contributed by atoms with E-state index < -0.39 is 10.1 Å². The molecule has 6 heteroatoms. The summed E-state index contributed by atoms with van der Waals surface area (Å²) in [6, 6.07) is 0. The van der Waals surface area contributed by atoms with E-state index >= 15 is 0 Å². The Kier molecular flexibility index (Phi) is 4.98. The maximum Gasteiger partial charge on any atom is 0.264 e. The first-order valence-electron chi connectivity index (χ1n) is 5.33. The molecule has 0 radical (unpaired) electrons. The molecule has 1 aliphatic heterocycles. The van der Waals surface area contributed by atoms with Gasteiger partial charge in [-0.15, -0.1) is 0 Å². The zero-order valence-corrected chi connectivity index (χ0v) is 10.0. The average molecular weight is 236 g/mol. The number of piperazine rings is 1. The molecule has 5 nitrogen and oxygen atoms in total. The molecule has 15 heavy (non-hydrogen) atoms. The van der Waals surface area contributed by atoms with Crippen LogP contribution < -0.4 is 0 Å². The van der Waals surface area contributed by atoms with Gasteiger partial charge in [0.15, 0.2) is 0 Å². The normalized spacial score (nSPS) is 20.7. The number of rotatable bonds is 5. The Morgan fingerprint density at radius 2 is 1.73 bits per heavy atom. The highest BCUT2D eigenvalue weighted by molar-refractivity contribution is 7.85. The molecule has 1 heterocycles. The van der Waals surface area contributed by atoms with Gasteiger partial charge in [0, 0.05) is 26.2 Å². The lowest BCUT2D eigenvalue weighted by atomic mass is 10.2. The molecule has 90 valence electrons. The van der Waals surface area contributed by atoms with Crippen molar-refractivity contribution in [2.75, 3.05) is 45.5 Å². The summed E-state index contributed by atoms with van der Waals surface area (Å²) in [5, 5.41) is 0. The summed E-state index contributed by atoms with van der Waals surface area (Å²) in [6.45, 7) is 5.21. The summed E-state index contributed by atoms with van der Waals surface area (Å²) in [4.78, 5) is 4.62. The minimum atomic E-state index is -3.76. The Balaban J connectivity index is 2.06. The summed E-state index contributed by atoms with van der Waals surface area (Å²) in [5.41, 5.74) is 0. The Bertz CT molecular complexity index is 271. The van der Waals surface area contributed by atoms with Crippen molar-refractivity contribution >= 4 is 10.1 Å². The fraction of sp³-hybridized carbons (Fsp3) is 1.00. The Morgan fingerprint density at radius 1 is 1.13 bits per heavy atom. The molecule has 0 atom stereocenters. The Hall–Kier alpha value is -0.170. The zero-order valence-electron chi connectivity index (χ0n) is 9.22. The lowest BCUT2D eigenvalue weighted by molar-refractivity contribution is 0.152. The van der Waals surface area contributed by atoms with Gasteiger partial charge in [-0.2, -0.15) is 8.42 Å². The van der Waals surface area contributed by atoms with Crippen molar-refractivity contribution in [3.8, 4) is 0 Å². The number of nitrogens with zero attached hydrogens (tertiary/aromatic N) is 2. The van der Waals surface area contributed by atoms with Crippen molar-refractivity contribution in [2.45, 2.75) is 12.8 Å². The van der Waals surface area contributed by atoms with Crippen LogP contribution in [0.4, 0.5) is 0 Å². The molecule has 0 unspecified atom stereocenters. The van der Waals surface area contributed by atoms with Crippen LogP contribution in [0.5, 0.6) is 0 Å². The molecule has 0 saturated carbocycles. The minimum absolute atomic E-state index is 0.110. The summed E-state index contributed by atoms with van der Waals surface area (Å²) in [6.07, 6.45) is 1.38. The molecule has 0 aliphatic carbocycles. The fourth-order valence-corrected chi connectivity index (χ4v) is 2.26. The lowest BCUT2D eigenvalue weighted by Crippen LogP contribution is -2.44. The maximum atomic E-state index is 10.5. The number of hydrogen-bond acceptors (Lipinski definition) is 4. The van der Waals surface area contributed by atoms with Gasteiger partial charge in [0.2, 0.25) is 0 Å². The molecule has 1 rings (SSSR count). The summed E-state index contributed by atoms with van der Waals surface area (Å²) >= 11 is 0. The minimum Gasteiger partial charge on any atom is -0.304 e. The predicted octanol–water partition coefficient (Wildman–Crippen LogP) is -0.0982. The van der Waals surface area contributed by atoms with E-state index in [1.54, 1.807) is 0 Å². The monoisotopic (exact) mass is 236 g/mol. The van der Waals surface area contributed by atoms with Crippen LogP contribution >= 0.6 is 0 Å². The smallest absolute Gasteiger partial charge is 0.264 e. The van der Waals surface area contributed by atoms with Crippen LogP contribution in [-0.2, 0) is 10.1 Å². The van der Waals surface area contributed by atoms with Crippen molar-refractivity contribution in [2.24, 2.45) is 0 Å². The largest absolute Gasteiger partial charge is 0.304 e. The molecule has 0 aromatic heterocycles. The van der Waals surface area contributed by atoms with Gasteiger partial charge < -0.3 is 9.80 Å². The second-order valence-corrected chi connectivity index (χ2v) is 5.71. The second-order valence-electron chi connectivity index (χ2n) is 4.14. The van der Waals surface area contributed by atoms with Crippen molar-refractivity contribution in [3.05, 3.63) is 0 Å². The average Bonchev–Trinajstić information content (AvgIpc) is 2.14. The van der Waals surface area contributed by atoms with Crippen LogP contribution in [-0.4, -0.2) is 68.3 Å². The van der Waals surface area contributed by atoms with Crippen LogP contribution in [0.15, 0.2) is 0 Å². The van der Waals surface area contributed by atoms with E-state index in [2.05, 4.69) is 16.8 Å². The predicted molar refractivity (Wildman–Crippen MR) is 59.6 cm³/mol. The maximum absolute atomic E-state index is 10.5. The summed E-state index contributed by atoms with van der Waals surface area (Å²) in [5.74, 6) is -0.110. The van der Waals surface area contributed by atoms with Gasteiger partial charge in [0.1, 0.15) is 0 Å². The van der Waals surface area contributed by atoms with Crippen molar-refractivity contribution in [3.63, 3.8) is 0 Å². The quantitative estimate of drug-likeness (QED) is 0.533. The first kappa shape index (κ1) is 12.9. The van der Waals surface area contributed by atoms with Gasteiger partial charge in [-0.25, -0.2) is 0 Å². The van der Waals surface area contributed by atoms with Gasteiger partial charge in [0.05, 0.1) is 5.75 Å². The molecule has 0 aromatic rings. The first-order chi connectivity index (χ1) is 6.97. The molecule has 1 N–H and O–H groups in total. The third-order valence-corrected chi connectivity index (χ3v) is 3.53. The van der Waals surface area contributed by atoms with E-state index in [-0.39, 0.29) is 5.75 Å². The van der Waals surface area contributed by atoms with Gasteiger partial charge in [-0.3, -0.25) is 4.55 Å². The van der Waals surface area contributed by atoms with Crippen LogP contribution in [0, 0.1) is 0 Å². The van der Waals surface area contributed by atoms with E-state index in [4.69, 9.17) is 4.55 Å². The molecular weight excluding hydrogens is 216 g/mol. The Morgan fingerprint density at radius 3 is 2.27 bits per heavy atom. The lowest BCUT2D eigenvalue weighted by Gasteiger charge is -2.32. The van der Waals surface area contributed by atoms with Crippen molar-refractivity contribution in [1.82, 2.24) is 9.80 Å². The molecule has 0 bridgehead atoms. The van der Waals surface area contributed by atoms with Gasteiger partial charge in [0.25, 0.3) is 10.1 Å². The SMILES string of the molecule is CN1CCN(CCCCS(=O)(=O)O)CC1. The third-order valence-electron chi connectivity index (χ3n) is 2.72. The highest BCUT2D eigenvalue weighted by Crippen LogP contribution is 2.02. The highest BCUT2D eigenvalue weighted by Gasteiger charge is 2.13. The fourth-order valence-electron chi connectivity index (χ4n) is 1.69. The Labute approximate surface area is 91.8 Å². The summed E-state index contributed by atoms with van der Waals surface area (Å²) < 4.78 is 29.5. The third kappa shape index (κ3) is 6.09. The standard InChI is InChI=1S/C9H20N2O3S/c1-10-5-7-11(8-6-10)4-2-3-9-15(12,13)14/h2-9H2,1H3,(H,12,13,14). The zero-order chi connectivity index (χ0) is 11.3. The molecular formula is C9H20N2O3S. The molecule has 1 fully saturated rings. The van der Waals surface area contributed by atoms with Crippen LogP contribution in [0.1, 0.15) is 12.8 Å². The van der Waals surface area contributed by atoms with E-state index in [1.165, 1.54) is 0 Å². The van der Waals surface area contributed by atoms with Gasteiger partial charge in [-0.1, -0.05) is 0 Å². The van der Waals surface area contributed by atoms with Crippen LogP contribution in [0.25, 0.3) is 0 Å². The van der Waals surface area contributed by atoms with E-state index in [0.29, 0.717) is 6.42 Å². The molecule has 1 aliphatic rings. The van der Waals surface area contributed by atoms with Gasteiger partial charge in [-0.05, 0) is 26.4 Å². The van der Waals surface area contributed by atoms with E-state index in [0.717, 1.165) is 39.1 Å². The summed E-state index contributed by atoms with van der Waals surface area (Å²) in [7, 11) is -1.66. The number of unbranched alkanes of at least 4 members (excludes halogenated alkanes) is 1. The van der Waals surface area contributed by atoms with E-state index in [1.807, 2.05) is 0 Å². The molecule has 0 aromatic carbocycles. The molecule has 1 saturated heterocycles. The highest BCUT2D eigenvalue weighted by atomic mass is 32.2. The van der Waals surface area contributed by atoms with Crippen LogP contribution in [0.3, 0.4) is 0 Å². The molecule has 0 amide bonds. The molecule has 0 spiro atoms. The van der Waals surface area contributed by atoms with Gasteiger partial charge >= 0.3 is 0 Å². The number of hydrogen-bond donors (Lipinski definition) is 1. The van der Waals surface area contributed by atoms with Crippen molar-refractivity contribution < 1.29 is 13.0 Å². The number of likely N-dealkylation sites (N-methyl/N-ethyl adjacent to an activating group) is 1. The van der Waals surface area contributed by atoms with Crippen molar-refractivity contribution in [1.29, 1.82) is 0 Å². The van der Waals surface area contributed by atoms with Crippen LogP contribution in [0.2, 0.25) is 0 Å². The first-order valence-corrected chi connectivity index (χ1v) is 6.94. The second kappa shape index (κ2) is 5.79. The topological polar surface area (TPSA) is 60.9 Å².